The number of alkyl halides is 2. The number of ether oxygens (including phenoxy) is 1. The van der Waals surface area contributed by atoms with E-state index in [1.807, 2.05) is 5.32 Å². The predicted molar refractivity (Wildman–Crippen MR) is 102 cm³/mol. The van der Waals surface area contributed by atoms with Crippen molar-refractivity contribution in [1.29, 1.82) is 0 Å². The minimum absolute atomic E-state index is 0.0329. The van der Waals surface area contributed by atoms with Crippen LogP contribution in [0.5, 0.6) is 0 Å². The van der Waals surface area contributed by atoms with Crippen LogP contribution in [0.25, 0.3) is 0 Å². The first kappa shape index (κ1) is 22.6. The van der Waals surface area contributed by atoms with E-state index in [4.69, 9.17) is 15.3 Å². The van der Waals surface area contributed by atoms with Crippen molar-refractivity contribution < 1.29 is 37.1 Å². The summed E-state index contributed by atoms with van der Waals surface area (Å²) >= 11 is 0. The van der Waals surface area contributed by atoms with Gasteiger partial charge in [0.1, 0.15) is 11.9 Å². The van der Waals surface area contributed by atoms with Crippen molar-refractivity contribution in [3.63, 3.8) is 0 Å². The van der Waals surface area contributed by atoms with Crippen LogP contribution in [0, 0.1) is 5.82 Å². The van der Waals surface area contributed by atoms with Gasteiger partial charge in [-0.05, 0) is 18.2 Å². The molecule has 13 heteroatoms. The van der Waals surface area contributed by atoms with E-state index in [1.54, 1.807) is 4.90 Å². The molecular formula is C18H22F3N5O5. The standard InChI is InChI=1S/C18H22F3N5O5/c19-13-7-11(25-10-12(31-18(25)29)9-23-17(28)16(20)21)1-2-14(13)24-3-4-26(15(27)8-22)30-6-5-24/h1-2,7,12,16H,3-6,8-10,22H2,(H,23,28)/t12-/m0/s1. The first-order valence-electron chi connectivity index (χ1n) is 9.52. The van der Waals surface area contributed by atoms with Gasteiger partial charge in [-0.2, -0.15) is 8.78 Å². The van der Waals surface area contributed by atoms with Gasteiger partial charge in [-0.3, -0.25) is 19.3 Å². The Labute approximate surface area is 175 Å². The molecule has 2 heterocycles. The van der Waals surface area contributed by atoms with Gasteiger partial charge >= 0.3 is 12.5 Å². The molecule has 0 bridgehead atoms. The van der Waals surface area contributed by atoms with Crippen molar-refractivity contribution in [2.45, 2.75) is 12.5 Å². The van der Waals surface area contributed by atoms with E-state index in [9.17, 15) is 27.6 Å². The number of benzene rings is 1. The topological polar surface area (TPSA) is 117 Å². The third kappa shape index (κ3) is 5.35. The highest BCUT2D eigenvalue weighted by Gasteiger charge is 2.33. The number of hydrogen-bond acceptors (Lipinski definition) is 7. The minimum Gasteiger partial charge on any atom is -0.442 e. The zero-order valence-corrected chi connectivity index (χ0v) is 16.4. The molecule has 0 saturated carbocycles. The summed E-state index contributed by atoms with van der Waals surface area (Å²) in [6.45, 7) is 0.523. The van der Waals surface area contributed by atoms with Crippen LogP contribution in [0.1, 0.15) is 0 Å². The Morgan fingerprint density at radius 2 is 2.03 bits per heavy atom. The summed E-state index contributed by atoms with van der Waals surface area (Å²) in [5.74, 6) is -2.43. The van der Waals surface area contributed by atoms with E-state index in [1.165, 1.54) is 12.1 Å². The number of nitrogens with two attached hydrogens (primary N) is 1. The molecule has 2 saturated heterocycles. The summed E-state index contributed by atoms with van der Waals surface area (Å²) in [6.07, 6.45) is -4.78. The second-order valence-electron chi connectivity index (χ2n) is 6.82. The van der Waals surface area contributed by atoms with Crippen LogP contribution in [-0.4, -0.2) is 81.4 Å². The lowest BCUT2D eigenvalue weighted by Crippen LogP contribution is -2.38. The van der Waals surface area contributed by atoms with Crippen molar-refractivity contribution in [2.75, 3.05) is 55.7 Å². The molecule has 2 aliphatic rings. The summed E-state index contributed by atoms with van der Waals surface area (Å²) in [5.41, 5.74) is 5.82. The number of halogens is 3. The highest BCUT2D eigenvalue weighted by Crippen LogP contribution is 2.28. The number of rotatable bonds is 6. The lowest BCUT2D eigenvalue weighted by molar-refractivity contribution is -0.180. The van der Waals surface area contributed by atoms with E-state index in [0.29, 0.717) is 13.1 Å². The van der Waals surface area contributed by atoms with Crippen LogP contribution in [0.4, 0.5) is 29.3 Å². The monoisotopic (exact) mass is 445 g/mol. The lowest BCUT2D eigenvalue weighted by atomic mass is 10.2. The zero-order valence-electron chi connectivity index (χ0n) is 16.4. The molecule has 3 N–H and O–H groups in total. The Morgan fingerprint density at radius 1 is 1.26 bits per heavy atom. The fourth-order valence-corrected chi connectivity index (χ4v) is 3.24. The summed E-state index contributed by atoms with van der Waals surface area (Å²) in [4.78, 5) is 42.9. The average Bonchev–Trinajstić information content (AvgIpc) is 2.95. The molecule has 0 radical (unpaired) electrons. The lowest BCUT2D eigenvalue weighted by Gasteiger charge is -2.23. The van der Waals surface area contributed by atoms with E-state index in [-0.39, 0.29) is 50.1 Å². The van der Waals surface area contributed by atoms with Crippen LogP contribution in [0.15, 0.2) is 18.2 Å². The number of nitrogens with zero attached hydrogens (tertiary/aromatic N) is 3. The third-order valence-electron chi connectivity index (χ3n) is 4.79. The highest BCUT2D eigenvalue weighted by molar-refractivity contribution is 5.90. The maximum atomic E-state index is 14.8. The molecule has 3 amide bonds. The van der Waals surface area contributed by atoms with Crippen LogP contribution < -0.4 is 20.9 Å². The Bertz CT molecular complexity index is 843. The Morgan fingerprint density at radius 3 is 2.71 bits per heavy atom. The fraction of sp³-hybridized carbons (Fsp3) is 0.500. The van der Waals surface area contributed by atoms with Crippen molar-refractivity contribution in [2.24, 2.45) is 5.73 Å². The SMILES string of the molecule is NCC(=O)N1CCN(c2ccc(N3C[C@H](CNC(=O)C(F)F)OC3=O)cc2F)CCO1. The molecule has 10 nitrogen and oxygen atoms in total. The van der Waals surface area contributed by atoms with Gasteiger partial charge in [-0.15, -0.1) is 0 Å². The number of carbonyl (C=O) groups is 3. The molecule has 170 valence electrons. The summed E-state index contributed by atoms with van der Waals surface area (Å²) in [5, 5.41) is 3.13. The van der Waals surface area contributed by atoms with Crippen LogP contribution in [-0.2, 0) is 19.2 Å². The smallest absolute Gasteiger partial charge is 0.414 e. The minimum atomic E-state index is -3.17. The van der Waals surface area contributed by atoms with E-state index in [2.05, 4.69) is 0 Å². The van der Waals surface area contributed by atoms with Gasteiger partial charge in [0.2, 0.25) is 0 Å². The van der Waals surface area contributed by atoms with Gasteiger partial charge in [0, 0.05) is 13.1 Å². The number of hydrogen-bond donors (Lipinski definition) is 2. The zero-order chi connectivity index (χ0) is 22.5. The van der Waals surface area contributed by atoms with Gasteiger partial charge in [-0.25, -0.2) is 14.2 Å². The number of amides is 3. The van der Waals surface area contributed by atoms with Crippen molar-refractivity contribution in [3.8, 4) is 0 Å². The summed E-state index contributed by atoms with van der Waals surface area (Å²) in [6, 6.07) is 4.17. The van der Waals surface area contributed by atoms with Gasteiger partial charge in [0.05, 0.1) is 44.2 Å². The number of nitrogens with one attached hydrogen (secondary N) is 1. The van der Waals surface area contributed by atoms with Crippen LogP contribution in [0.3, 0.4) is 0 Å². The molecule has 1 atom stereocenters. The number of anilines is 2. The number of carbonyl (C=O) groups excluding carboxylic acids is 3. The molecule has 0 unspecified atom stereocenters. The fourth-order valence-electron chi connectivity index (χ4n) is 3.24. The maximum absolute atomic E-state index is 14.8. The number of cyclic esters (lactones) is 1. The van der Waals surface area contributed by atoms with Crippen LogP contribution in [0.2, 0.25) is 0 Å². The molecule has 0 aliphatic carbocycles. The summed E-state index contributed by atoms with van der Waals surface area (Å²) in [7, 11) is 0. The molecule has 2 fully saturated rings. The molecule has 31 heavy (non-hydrogen) atoms. The largest absolute Gasteiger partial charge is 0.442 e. The van der Waals surface area contributed by atoms with E-state index < -0.39 is 30.3 Å². The van der Waals surface area contributed by atoms with E-state index in [0.717, 1.165) is 16.0 Å². The predicted octanol–water partition coefficient (Wildman–Crippen LogP) is 0.0711. The maximum Gasteiger partial charge on any atom is 0.414 e. The summed E-state index contributed by atoms with van der Waals surface area (Å²) < 4.78 is 44.3. The van der Waals surface area contributed by atoms with Gasteiger partial charge < -0.3 is 20.7 Å². The Balaban J connectivity index is 1.63. The molecular weight excluding hydrogens is 423 g/mol. The third-order valence-corrected chi connectivity index (χ3v) is 4.79. The second kappa shape index (κ2) is 9.83. The highest BCUT2D eigenvalue weighted by atomic mass is 19.3. The van der Waals surface area contributed by atoms with Gasteiger partial charge in [0.25, 0.3) is 11.8 Å². The molecule has 1 aromatic carbocycles. The normalized spacial score (nSPS) is 19.5. The molecule has 2 aliphatic heterocycles. The van der Waals surface area contributed by atoms with Crippen LogP contribution >= 0.6 is 0 Å². The average molecular weight is 445 g/mol. The Hall–Kier alpha value is -3.06. The second-order valence-corrected chi connectivity index (χ2v) is 6.82. The van der Waals surface area contributed by atoms with Crippen molar-refractivity contribution >= 4 is 29.3 Å². The van der Waals surface area contributed by atoms with Crippen molar-refractivity contribution in [1.82, 2.24) is 10.4 Å². The first-order valence-corrected chi connectivity index (χ1v) is 9.52. The quantitative estimate of drug-likeness (QED) is 0.637. The molecule has 1 aromatic rings. The molecule has 0 spiro atoms. The van der Waals surface area contributed by atoms with E-state index >= 15 is 0 Å². The first-order chi connectivity index (χ1) is 14.8. The molecule has 3 rings (SSSR count). The van der Waals surface area contributed by atoms with Crippen molar-refractivity contribution in [3.05, 3.63) is 24.0 Å². The number of hydroxylamine groups is 2. The molecule has 0 aromatic heterocycles. The van der Waals surface area contributed by atoms with Gasteiger partial charge in [0.15, 0.2) is 0 Å². The Kier molecular flexibility index (Phi) is 7.17. The van der Waals surface area contributed by atoms with Gasteiger partial charge in [-0.1, -0.05) is 0 Å².